The van der Waals surface area contributed by atoms with Crippen molar-refractivity contribution in [3.8, 4) is 6.07 Å². The van der Waals surface area contributed by atoms with Crippen molar-refractivity contribution in [2.24, 2.45) is 0 Å². The zero-order valence-corrected chi connectivity index (χ0v) is 8.47. The highest BCUT2D eigenvalue weighted by molar-refractivity contribution is 5.93. The molecule has 1 heterocycles. The Balaban J connectivity index is 2.68. The zero-order chi connectivity index (χ0) is 11.3. The molecule has 0 aromatic carbocycles. The van der Waals surface area contributed by atoms with Crippen LogP contribution in [0.2, 0.25) is 0 Å². The molecule has 0 unspecified atom stereocenters. The van der Waals surface area contributed by atoms with Crippen LogP contribution >= 0.6 is 0 Å². The number of rotatable bonds is 3. The number of nitriles is 1. The Morgan fingerprint density at radius 1 is 1.67 bits per heavy atom. The Kier molecular flexibility index (Phi) is 3.63. The molecule has 0 fully saturated rings. The second-order valence-electron chi connectivity index (χ2n) is 3.11. The summed E-state index contributed by atoms with van der Waals surface area (Å²) >= 11 is 0. The Hall–Kier alpha value is -2.09. The van der Waals surface area contributed by atoms with E-state index >= 15 is 0 Å². The molecule has 5 nitrogen and oxygen atoms in total. The molecule has 0 atom stereocenters. The minimum absolute atomic E-state index is 0.155. The quantitative estimate of drug-likeness (QED) is 0.783. The summed E-state index contributed by atoms with van der Waals surface area (Å²) in [6.07, 6.45) is 1.76. The molecule has 5 heteroatoms. The maximum atomic E-state index is 11.7. The monoisotopic (exact) mass is 204 g/mol. The van der Waals surface area contributed by atoms with Crippen LogP contribution in [0.15, 0.2) is 18.3 Å². The molecule has 0 aliphatic heterocycles. The van der Waals surface area contributed by atoms with E-state index in [1.54, 1.807) is 19.2 Å². The van der Waals surface area contributed by atoms with Crippen LogP contribution < -0.4 is 5.73 Å². The summed E-state index contributed by atoms with van der Waals surface area (Å²) in [5.74, 6) is 0.226. The Bertz CT molecular complexity index is 379. The van der Waals surface area contributed by atoms with Gasteiger partial charge in [0, 0.05) is 19.8 Å². The van der Waals surface area contributed by atoms with Crippen LogP contribution in [0, 0.1) is 11.3 Å². The average molecular weight is 204 g/mol. The number of aromatic nitrogens is 1. The van der Waals surface area contributed by atoms with Crippen molar-refractivity contribution in [2.45, 2.75) is 6.42 Å². The van der Waals surface area contributed by atoms with Crippen LogP contribution in [0.1, 0.15) is 16.8 Å². The van der Waals surface area contributed by atoms with Crippen molar-refractivity contribution >= 4 is 11.7 Å². The zero-order valence-electron chi connectivity index (χ0n) is 8.47. The number of nitrogens with zero attached hydrogens (tertiary/aromatic N) is 3. The molecule has 1 amide bonds. The summed E-state index contributed by atoms with van der Waals surface area (Å²) in [7, 11) is 1.65. The van der Waals surface area contributed by atoms with Gasteiger partial charge in [0.1, 0.15) is 5.82 Å². The summed E-state index contributed by atoms with van der Waals surface area (Å²) in [6, 6.07) is 5.18. The molecule has 0 spiro atoms. The van der Waals surface area contributed by atoms with Crippen LogP contribution in [0.4, 0.5) is 5.82 Å². The van der Waals surface area contributed by atoms with Gasteiger partial charge >= 0.3 is 0 Å². The molecule has 0 saturated heterocycles. The number of pyridine rings is 1. The molecule has 0 bridgehead atoms. The van der Waals surface area contributed by atoms with Gasteiger partial charge in [-0.05, 0) is 12.1 Å². The lowest BCUT2D eigenvalue weighted by Crippen LogP contribution is -2.27. The molecular formula is C10H12N4O. The predicted molar refractivity (Wildman–Crippen MR) is 55.8 cm³/mol. The number of amides is 1. The Morgan fingerprint density at radius 3 is 2.93 bits per heavy atom. The first-order chi connectivity index (χ1) is 7.15. The van der Waals surface area contributed by atoms with Gasteiger partial charge in [0.05, 0.1) is 18.1 Å². The van der Waals surface area contributed by atoms with Gasteiger partial charge in [-0.3, -0.25) is 4.79 Å². The molecular weight excluding hydrogens is 192 g/mol. The first-order valence-electron chi connectivity index (χ1n) is 4.49. The Morgan fingerprint density at radius 2 is 2.40 bits per heavy atom. The van der Waals surface area contributed by atoms with Gasteiger partial charge in [-0.15, -0.1) is 0 Å². The third-order valence-electron chi connectivity index (χ3n) is 1.94. The topological polar surface area (TPSA) is 83.0 Å². The molecule has 0 saturated carbocycles. The smallest absolute Gasteiger partial charge is 0.255 e. The number of carbonyl (C=O) groups excluding carboxylic acids is 1. The van der Waals surface area contributed by atoms with Crippen molar-refractivity contribution in [1.82, 2.24) is 9.88 Å². The molecule has 2 N–H and O–H groups in total. The summed E-state index contributed by atoms with van der Waals surface area (Å²) in [6.45, 7) is 0.416. The lowest BCUT2D eigenvalue weighted by atomic mass is 10.2. The van der Waals surface area contributed by atoms with Crippen molar-refractivity contribution in [2.75, 3.05) is 19.3 Å². The fourth-order valence-electron chi connectivity index (χ4n) is 1.07. The molecule has 1 aromatic heterocycles. The second kappa shape index (κ2) is 4.96. The first kappa shape index (κ1) is 11.0. The number of nitrogen functional groups attached to an aromatic ring is 1. The SMILES string of the molecule is CN(CCC#N)C(=O)c1ccc(N)nc1. The molecule has 1 aromatic rings. The van der Waals surface area contributed by atoms with Crippen LogP contribution in [-0.4, -0.2) is 29.4 Å². The van der Waals surface area contributed by atoms with E-state index in [0.717, 1.165) is 0 Å². The van der Waals surface area contributed by atoms with Crippen molar-refractivity contribution < 1.29 is 4.79 Å². The third-order valence-corrected chi connectivity index (χ3v) is 1.94. The first-order valence-corrected chi connectivity index (χ1v) is 4.49. The van der Waals surface area contributed by atoms with E-state index in [0.29, 0.717) is 24.3 Å². The Labute approximate surface area is 88.1 Å². The molecule has 15 heavy (non-hydrogen) atoms. The number of hydrogen-bond acceptors (Lipinski definition) is 4. The van der Waals surface area contributed by atoms with Gasteiger partial charge in [-0.1, -0.05) is 0 Å². The lowest BCUT2D eigenvalue weighted by molar-refractivity contribution is 0.0797. The maximum Gasteiger partial charge on any atom is 0.255 e. The van der Waals surface area contributed by atoms with Gasteiger partial charge in [0.25, 0.3) is 5.91 Å². The van der Waals surface area contributed by atoms with E-state index in [1.807, 2.05) is 6.07 Å². The lowest BCUT2D eigenvalue weighted by Gasteiger charge is -2.14. The highest BCUT2D eigenvalue weighted by Crippen LogP contribution is 2.04. The summed E-state index contributed by atoms with van der Waals surface area (Å²) in [4.78, 5) is 17.0. The molecule has 1 rings (SSSR count). The predicted octanol–water partition coefficient (Wildman–Crippen LogP) is 0.649. The number of anilines is 1. The highest BCUT2D eigenvalue weighted by Gasteiger charge is 2.10. The minimum Gasteiger partial charge on any atom is -0.384 e. The van der Waals surface area contributed by atoms with Crippen molar-refractivity contribution in [3.63, 3.8) is 0 Å². The van der Waals surface area contributed by atoms with E-state index < -0.39 is 0 Å². The van der Waals surface area contributed by atoms with Crippen LogP contribution in [0.25, 0.3) is 0 Å². The van der Waals surface area contributed by atoms with Gasteiger partial charge in [-0.2, -0.15) is 5.26 Å². The standard InChI is InChI=1S/C10H12N4O/c1-14(6-2-5-11)10(15)8-3-4-9(12)13-7-8/h3-4,7H,2,6H2,1H3,(H2,12,13). The fourth-order valence-corrected chi connectivity index (χ4v) is 1.07. The summed E-state index contributed by atoms with van der Waals surface area (Å²) in [5, 5.41) is 8.39. The van der Waals surface area contributed by atoms with Gasteiger partial charge in [-0.25, -0.2) is 4.98 Å². The molecule has 0 aliphatic rings. The highest BCUT2D eigenvalue weighted by atomic mass is 16.2. The molecule has 0 radical (unpaired) electrons. The van der Waals surface area contributed by atoms with E-state index in [-0.39, 0.29) is 5.91 Å². The molecule has 78 valence electrons. The maximum absolute atomic E-state index is 11.7. The summed E-state index contributed by atoms with van der Waals surface area (Å²) in [5.41, 5.74) is 5.88. The van der Waals surface area contributed by atoms with Gasteiger partial charge in [0.2, 0.25) is 0 Å². The van der Waals surface area contributed by atoms with E-state index in [9.17, 15) is 4.79 Å². The third kappa shape index (κ3) is 2.95. The summed E-state index contributed by atoms with van der Waals surface area (Å²) < 4.78 is 0. The minimum atomic E-state index is -0.155. The van der Waals surface area contributed by atoms with E-state index in [4.69, 9.17) is 11.0 Å². The number of nitrogens with two attached hydrogens (primary N) is 1. The number of hydrogen-bond donors (Lipinski definition) is 1. The normalized spacial score (nSPS) is 9.33. The van der Waals surface area contributed by atoms with Crippen molar-refractivity contribution in [3.05, 3.63) is 23.9 Å². The van der Waals surface area contributed by atoms with Crippen LogP contribution in [0.5, 0.6) is 0 Å². The average Bonchev–Trinajstić information content (AvgIpc) is 2.26. The van der Waals surface area contributed by atoms with Crippen LogP contribution in [0.3, 0.4) is 0 Å². The van der Waals surface area contributed by atoms with Gasteiger partial charge < -0.3 is 10.6 Å². The van der Waals surface area contributed by atoms with Crippen LogP contribution in [-0.2, 0) is 0 Å². The largest absolute Gasteiger partial charge is 0.384 e. The van der Waals surface area contributed by atoms with E-state index in [2.05, 4.69) is 4.98 Å². The van der Waals surface area contributed by atoms with E-state index in [1.165, 1.54) is 11.1 Å². The number of carbonyl (C=O) groups is 1. The molecule has 0 aliphatic carbocycles. The second-order valence-corrected chi connectivity index (χ2v) is 3.11. The van der Waals surface area contributed by atoms with Crippen molar-refractivity contribution in [1.29, 1.82) is 5.26 Å². The van der Waals surface area contributed by atoms with Gasteiger partial charge in [0.15, 0.2) is 0 Å². The fraction of sp³-hybridized carbons (Fsp3) is 0.300.